The van der Waals surface area contributed by atoms with Crippen LogP contribution in [0, 0.1) is 0 Å². The number of fused-ring (bicyclic) bond motifs is 1. The van der Waals surface area contributed by atoms with E-state index in [9.17, 15) is 18.3 Å². The fourth-order valence-electron chi connectivity index (χ4n) is 3.63. The quantitative estimate of drug-likeness (QED) is 0.527. The Morgan fingerprint density at radius 2 is 2.00 bits per heavy atom. The average Bonchev–Trinajstić information content (AvgIpc) is 3.22. The highest BCUT2D eigenvalue weighted by atomic mass is 19.4. The number of anilines is 1. The SMILES string of the molecule is CC.COc1cc2ncc(-c3cncc(N[C@@H]4CCCNC4)n3)n2cc1C(C)(O)C(F)(F)F. The van der Waals surface area contributed by atoms with E-state index in [1.807, 2.05) is 13.8 Å². The van der Waals surface area contributed by atoms with E-state index in [1.165, 1.54) is 36.2 Å². The number of piperidine rings is 1. The Kier molecular flexibility index (Phi) is 7.43. The number of methoxy groups -OCH3 is 1. The molecule has 1 aliphatic heterocycles. The maximum atomic E-state index is 13.5. The van der Waals surface area contributed by atoms with Crippen LogP contribution in [0.2, 0.25) is 0 Å². The zero-order valence-electron chi connectivity index (χ0n) is 19.1. The van der Waals surface area contributed by atoms with Crippen LogP contribution in [-0.4, -0.2) is 56.9 Å². The summed E-state index contributed by atoms with van der Waals surface area (Å²) in [5.41, 5.74) is -2.31. The maximum absolute atomic E-state index is 13.5. The summed E-state index contributed by atoms with van der Waals surface area (Å²) in [7, 11) is 1.24. The first-order valence-corrected chi connectivity index (χ1v) is 10.8. The van der Waals surface area contributed by atoms with E-state index in [2.05, 4.69) is 25.6 Å². The number of pyridine rings is 1. The Labute approximate surface area is 190 Å². The molecule has 33 heavy (non-hydrogen) atoms. The van der Waals surface area contributed by atoms with Crippen molar-refractivity contribution in [1.29, 1.82) is 0 Å². The van der Waals surface area contributed by atoms with E-state index >= 15 is 0 Å². The lowest BCUT2D eigenvalue weighted by molar-refractivity contribution is -0.259. The monoisotopic (exact) mass is 466 g/mol. The second-order valence-electron chi connectivity index (χ2n) is 7.67. The molecule has 1 saturated heterocycles. The summed E-state index contributed by atoms with van der Waals surface area (Å²) in [5.74, 6) is 0.454. The molecule has 11 heteroatoms. The standard InChI is InChI=1S/C20H23F3N6O2.C2H6/c1-19(30,20(21,22)23)13-11-29-15(9-26-18(29)6-16(13)31-2)14-8-25-10-17(28-14)27-12-4-3-5-24-7-12;1-2/h6,8-12,24,30H,3-5,7H2,1-2H3,(H,27,28);1-2H3/t12-,19?;/m1./s1. The highest BCUT2D eigenvalue weighted by molar-refractivity contribution is 5.63. The van der Waals surface area contributed by atoms with E-state index in [1.54, 1.807) is 6.20 Å². The number of nitrogens with one attached hydrogen (secondary N) is 2. The number of halogens is 3. The number of ether oxygens (including phenoxy) is 1. The van der Waals surface area contributed by atoms with E-state index in [-0.39, 0.29) is 11.8 Å². The second-order valence-corrected chi connectivity index (χ2v) is 7.67. The molecule has 1 unspecified atom stereocenters. The third kappa shape index (κ3) is 5.03. The zero-order valence-corrected chi connectivity index (χ0v) is 19.1. The minimum Gasteiger partial charge on any atom is -0.496 e. The van der Waals surface area contributed by atoms with Gasteiger partial charge in [-0.2, -0.15) is 13.2 Å². The van der Waals surface area contributed by atoms with Crippen molar-refractivity contribution in [3.8, 4) is 17.1 Å². The number of aliphatic hydroxyl groups is 1. The zero-order chi connectivity index (χ0) is 24.2. The van der Waals surface area contributed by atoms with Crippen molar-refractivity contribution < 1.29 is 23.0 Å². The highest BCUT2D eigenvalue weighted by Gasteiger charge is 2.53. The number of hydrogen-bond acceptors (Lipinski definition) is 7. The van der Waals surface area contributed by atoms with Gasteiger partial charge in [-0.1, -0.05) is 13.8 Å². The van der Waals surface area contributed by atoms with Gasteiger partial charge in [-0.05, 0) is 26.3 Å². The molecule has 0 bridgehead atoms. The van der Waals surface area contributed by atoms with Gasteiger partial charge in [-0.15, -0.1) is 0 Å². The Morgan fingerprint density at radius 3 is 2.64 bits per heavy atom. The van der Waals surface area contributed by atoms with Crippen LogP contribution in [0.15, 0.2) is 30.9 Å². The van der Waals surface area contributed by atoms with E-state index in [4.69, 9.17) is 4.74 Å². The summed E-state index contributed by atoms with van der Waals surface area (Å²) < 4.78 is 47.0. The van der Waals surface area contributed by atoms with E-state index in [0.29, 0.717) is 29.8 Å². The Morgan fingerprint density at radius 1 is 1.24 bits per heavy atom. The lowest BCUT2D eigenvalue weighted by Crippen LogP contribution is -2.39. The van der Waals surface area contributed by atoms with Gasteiger partial charge in [0.2, 0.25) is 0 Å². The molecular weight excluding hydrogens is 437 g/mol. The van der Waals surface area contributed by atoms with Crippen molar-refractivity contribution in [2.75, 3.05) is 25.5 Å². The van der Waals surface area contributed by atoms with Gasteiger partial charge in [0.25, 0.3) is 0 Å². The third-order valence-corrected chi connectivity index (χ3v) is 5.45. The summed E-state index contributed by atoms with van der Waals surface area (Å²) in [6, 6.07) is 1.57. The fraction of sp³-hybridized carbons (Fsp3) is 0.500. The van der Waals surface area contributed by atoms with Crippen LogP contribution in [-0.2, 0) is 5.60 Å². The first-order chi connectivity index (χ1) is 15.7. The summed E-state index contributed by atoms with van der Waals surface area (Å²) in [6.07, 6.45) is 2.95. The molecule has 180 valence electrons. The molecular formula is C22H29F3N6O2. The number of aromatic nitrogens is 4. The molecule has 0 spiro atoms. The number of alkyl halides is 3. The Hall–Kier alpha value is -2.92. The lowest BCUT2D eigenvalue weighted by Gasteiger charge is -2.28. The smallest absolute Gasteiger partial charge is 0.421 e. The van der Waals surface area contributed by atoms with Crippen molar-refractivity contribution in [3.63, 3.8) is 0 Å². The van der Waals surface area contributed by atoms with Crippen LogP contribution in [0.25, 0.3) is 17.0 Å². The molecule has 4 heterocycles. The number of hydrogen-bond donors (Lipinski definition) is 3. The predicted molar refractivity (Wildman–Crippen MR) is 119 cm³/mol. The van der Waals surface area contributed by atoms with Gasteiger partial charge in [-0.3, -0.25) is 9.38 Å². The molecule has 0 aliphatic carbocycles. The molecule has 0 aromatic carbocycles. The first-order valence-electron chi connectivity index (χ1n) is 10.8. The predicted octanol–water partition coefficient (Wildman–Crippen LogP) is 3.76. The van der Waals surface area contributed by atoms with Crippen molar-refractivity contribution in [2.24, 2.45) is 0 Å². The van der Waals surface area contributed by atoms with Crippen molar-refractivity contribution in [1.82, 2.24) is 24.7 Å². The molecule has 0 saturated carbocycles. The summed E-state index contributed by atoms with van der Waals surface area (Å²) >= 11 is 0. The molecule has 3 aromatic rings. The number of imidazole rings is 1. The molecule has 8 nitrogen and oxygen atoms in total. The van der Waals surface area contributed by atoms with E-state index in [0.717, 1.165) is 25.9 Å². The summed E-state index contributed by atoms with van der Waals surface area (Å²) in [6.45, 7) is 6.49. The third-order valence-electron chi connectivity index (χ3n) is 5.45. The molecule has 1 aliphatic rings. The van der Waals surface area contributed by atoms with Crippen LogP contribution < -0.4 is 15.4 Å². The number of rotatable bonds is 5. The largest absolute Gasteiger partial charge is 0.496 e. The topological polar surface area (TPSA) is 96.6 Å². The maximum Gasteiger partial charge on any atom is 0.421 e. The molecule has 2 atom stereocenters. The lowest BCUT2D eigenvalue weighted by atomic mass is 9.96. The van der Waals surface area contributed by atoms with Gasteiger partial charge in [0.1, 0.15) is 22.9 Å². The molecule has 1 fully saturated rings. The van der Waals surface area contributed by atoms with Crippen LogP contribution in [0.1, 0.15) is 39.2 Å². The van der Waals surface area contributed by atoms with Crippen LogP contribution in [0.4, 0.5) is 19.0 Å². The Balaban J connectivity index is 0.00000149. The molecule has 3 aromatic heterocycles. The Bertz CT molecular complexity index is 1080. The van der Waals surface area contributed by atoms with Gasteiger partial charge in [-0.25, -0.2) is 9.97 Å². The average molecular weight is 467 g/mol. The van der Waals surface area contributed by atoms with Crippen molar-refractivity contribution >= 4 is 11.5 Å². The first kappa shape index (κ1) is 24.7. The summed E-state index contributed by atoms with van der Waals surface area (Å²) in [5, 5.41) is 16.9. The molecule has 4 rings (SSSR count). The van der Waals surface area contributed by atoms with Gasteiger partial charge >= 0.3 is 6.18 Å². The second kappa shape index (κ2) is 9.92. The molecule has 0 amide bonds. The highest BCUT2D eigenvalue weighted by Crippen LogP contribution is 2.43. The molecule has 0 radical (unpaired) electrons. The van der Waals surface area contributed by atoms with Crippen LogP contribution in [0.3, 0.4) is 0 Å². The number of nitrogens with zero attached hydrogens (tertiary/aromatic N) is 4. The minimum atomic E-state index is -4.90. The van der Waals surface area contributed by atoms with Gasteiger partial charge in [0.15, 0.2) is 5.60 Å². The van der Waals surface area contributed by atoms with Gasteiger partial charge in [0, 0.05) is 24.8 Å². The van der Waals surface area contributed by atoms with Crippen LogP contribution in [0.5, 0.6) is 5.75 Å². The summed E-state index contributed by atoms with van der Waals surface area (Å²) in [4.78, 5) is 13.0. The van der Waals surface area contributed by atoms with Gasteiger partial charge in [0.05, 0.1) is 37.0 Å². The van der Waals surface area contributed by atoms with Crippen LogP contribution >= 0.6 is 0 Å². The van der Waals surface area contributed by atoms with Crippen molar-refractivity contribution in [2.45, 2.75) is 51.4 Å². The van der Waals surface area contributed by atoms with Gasteiger partial charge < -0.3 is 20.5 Å². The van der Waals surface area contributed by atoms with Crippen molar-refractivity contribution in [3.05, 3.63) is 36.4 Å². The fourth-order valence-corrected chi connectivity index (χ4v) is 3.63. The minimum absolute atomic E-state index is 0.113. The van der Waals surface area contributed by atoms with E-state index < -0.39 is 17.3 Å². The normalized spacial score (nSPS) is 18.2. The molecule has 3 N–H and O–H groups in total.